The second kappa shape index (κ2) is 5.80. The van der Waals surface area contributed by atoms with Crippen molar-refractivity contribution in [2.45, 2.75) is 11.4 Å². The second-order valence-electron chi connectivity index (χ2n) is 5.39. The van der Waals surface area contributed by atoms with Crippen molar-refractivity contribution >= 4 is 27.9 Å². The molecule has 25 heavy (non-hydrogen) atoms. The van der Waals surface area contributed by atoms with Gasteiger partial charge in [0.15, 0.2) is 0 Å². The van der Waals surface area contributed by atoms with Crippen LogP contribution in [-0.2, 0) is 16.7 Å². The number of hydrogen-bond acceptors (Lipinski definition) is 5. The first-order valence-electron chi connectivity index (χ1n) is 6.98. The van der Waals surface area contributed by atoms with E-state index in [4.69, 9.17) is 9.66 Å². The molecule has 2 N–H and O–H groups in total. The minimum absolute atomic E-state index is 0.0852. The molecule has 0 saturated heterocycles. The Kier molecular flexibility index (Phi) is 3.90. The number of amides is 2. The van der Waals surface area contributed by atoms with E-state index in [1.807, 2.05) is 0 Å². The summed E-state index contributed by atoms with van der Waals surface area (Å²) < 4.78 is 31.8. The van der Waals surface area contributed by atoms with Crippen LogP contribution in [0.15, 0.2) is 47.4 Å². The van der Waals surface area contributed by atoms with E-state index in [-0.39, 0.29) is 28.8 Å². The zero-order valence-corrected chi connectivity index (χ0v) is 13.4. The maximum Gasteiger partial charge on any atom is 0.335 e. The summed E-state index contributed by atoms with van der Waals surface area (Å²) in [6.07, 6.45) is 0. The SMILES string of the molecule is O=C(O)c1cc(CN2C(=O)c3ccccc3C2=O)cc(S(=O)(=O)O)c1. The molecule has 0 spiro atoms. The predicted octanol–water partition coefficient (Wildman–Crippen LogP) is 1.43. The molecule has 1 heterocycles. The number of nitrogens with zero attached hydrogens (tertiary/aromatic N) is 1. The van der Waals surface area contributed by atoms with Crippen molar-refractivity contribution < 1.29 is 32.5 Å². The van der Waals surface area contributed by atoms with Gasteiger partial charge in [0.1, 0.15) is 0 Å². The molecule has 0 bridgehead atoms. The van der Waals surface area contributed by atoms with Crippen LogP contribution in [0, 0.1) is 0 Å². The quantitative estimate of drug-likeness (QED) is 0.622. The number of carboxylic acid groups (broad SMARTS) is 1. The zero-order chi connectivity index (χ0) is 18.4. The molecule has 0 aliphatic carbocycles. The molecular formula is C16H11NO7S. The molecule has 2 aromatic carbocycles. The summed E-state index contributed by atoms with van der Waals surface area (Å²) in [4.78, 5) is 36.1. The molecule has 2 amide bonds. The average molecular weight is 361 g/mol. The van der Waals surface area contributed by atoms with Crippen LogP contribution < -0.4 is 0 Å². The normalized spacial score (nSPS) is 13.9. The van der Waals surface area contributed by atoms with Gasteiger partial charge in [-0.2, -0.15) is 8.42 Å². The van der Waals surface area contributed by atoms with E-state index in [1.165, 1.54) is 12.1 Å². The van der Waals surface area contributed by atoms with Gasteiger partial charge in [0.25, 0.3) is 21.9 Å². The van der Waals surface area contributed by atoms with Crippen molar-refractivity contribution in [1.82, 2.24) is 4.90 Å². The fourth-order valence-electron chi connectivity index (χ4n) is 2.59. The smallest absolute Gasteiger partial charge is 0.335 e. The Bertz CT molecular complexity index is 992. The summed E-state index contributed by atoms with van der Waals surface area (Å²) in [7, 11) is -4.65. The molecule has 0 saturated carbocycles. The lowest BCUT2D eigenvalue weighted by Gasteiger charge is -2.15. The Balaban J connectivity index is 2.02. The van der Waals surface area contributed by atoms with E-state index >= 15 is 0 Å². The van der Waals surface area contributed by atoms with E-state index in [0.29, 0.717) is 0 Å². The molecule has 0 unspecified atom stereocenters. The third-order valence-electron chi connectivity index (χ3n) is 3.73. The highest BCUT2D eigenvalue weighted by molar-refractivity contribution is 7.85. The number of aromatic carboxylic acids is 1. The molecule has 8 nitrogen and oxygen atoms in total. The highest BCUT2D eigenvalue weighted by Crippen LogP contribution is 2.25. The Hall–Kier alpha value is -3.04. The highest BCUT2D eigenvalue weighted by atomic mass is 32.2. The van der Waals surface area contributed by atoms with Crippen LogP contribution >= 0.6 is 0 Å². The molecule has 1 aliphatic rings. The molecule has 3 rings (SSSR count). The fraction of sp³-hybridized carbons (Fsp3) is 0.0625. The van der Waals surface area contributed by atoms with Crippen LogP contribution in [0.2, 0.25) is 0 Å². The number of carbonyl (C=O) groups is 3. The maximum atomic E-state index is 12.3. The number of carboxylic acids is 1. The third-order valence-corrected chi connectivity index (χ3v) is 4.56. The first-order chi connectivity index (χ1) is 11.7. The minimum Gasteiger partial charge on any atom is -0.478 e. The number of carbonyl (C=O) groups excluding carboxylic acids is 2. The second-order valence-corrected chi connectivity index (χ2v) is 6.81. The lowest BCUT2D eigenvalue weighted by molar-refractivity contribution is 0.0641. The van der Waals surface area contributed by atoms with Crippen LogP contribution in [-0.4, -0.2) is 40.8 Å². The van der Waals surface area contributed by atoms with Crippen LogP contribution in [0.4, 0.5) is 0 Å². The fourth-order valence-corrected chi connectivity index (χ4v) is 3.17. The van der Waals surface area contributed by atoms with Crippen molar-refractivity contribution in [2.24, 2.45) is 0 Å². The third kappa shape index (κ3) is 3.02. The molecule has 0 radical (unpaired) electrons. The summed E-state index contributed by atoms with van der Waals surface area (Å²) in [5.41, 5.74) is 0.137. The Morgan fingerprint density at radius 1 is 1.00 bits per heavy atom. The minimum atomic E-state index is -4.65. The molecule has 1 aliphatic heterocycles. The lowest BCUT2D eigenvalue weighted by Crippen LogP contribution is -2.29. The van der Waals surface area contributed by atoms with Gasteiger partial charge in [-0.05, 0) is 35.9 Å². The van der Waals surface area contributed by atoms with Crippen molar-refractivity contribution in [3.8, 4) is 0 Å². The molecule has 0 fully saturated rings. The van der Waals surface area contributed by atoms with E-state index in [2.05, 4.69) is 0 Å². The summed E-state index contributed by atoms with van der Waals surface area (Å²) >= 11 is 0. The maximum absolute atomic E-state index is 12.3. The molecule has 2 aromatic rings. The van der Waals surface area contributed by atoms with Crippen LogP contribution in [0.1, 0.15) is 36.6 Å². The monoisotopic (exact) mass is 361 g/mol. The van der Waals surface area contributed by atoms with Gasteiger partial charge >= 0.3 is 5.97 Å². The first kappa shape index (κ1) is 16.8. The Labute approximate surface area is 142 Å². The van der Waals surface area contributed by atoms with Gasteiger partial charge in [0.05, 0.1) is 28.1 Å². The predicted molar refractivity (Wildman–Crippen MR) is 83.9 cm³/mol. The van der Waals surface area contributed by atoms with Crippen LogP contribution in [0.3, 0.4) is 0 Å². The topological polar surface area (TPSA) is 129 Å². The molecular weight excluding hydrogens is 350 g/mol. The number of rotatable bonds is 4. The van der Waals surface area contributed by atoms with Crippen LogP contribution in [0.25, 0.3) is 0 Å². The van der Waals surface area contributed by atoms with Gasteiger partial charge in [-0.25, -0.2) is 4.79 Å². The number of hydrogen-bond donors (Lipinski definition) is 2. The van der Waals surface area contributed by atoms with Gasteiger partial charge in [0, 0.05) is 0 Å². The standard InChI is InChI=1S/C16H11NO7S/c18-14-12-3-1-2-4-13(12)15(19)17(14)8-9-5-10(16(20)21)7-11(6-9)25(22,23)24/h1-7H,8H2,(H,20,21)(H,22,23,24). The van der Waals surface area contributed by atoms with Crippen LogP contribution in [0.5, 0.6) is 0 Å². The van der Waals surface area contributed by atoms with Crippen molar-refractivity contribution in [2.75, 3.05) is 0 Å². The average Bonchev–Trinajstić information content (AvgIpc) is 2.79. The van der Waals surface area contributed by atoms with Gasteiger partial charge < -0.3 is 5.11 Å². The largest absolute Gasteiger partial charge is 0.478 e. The molecule has 9 heteroatoms. The van der Waals surface area contributed by atoms with E-state index in [9.17, 15) is 22.8 Å². The van der Waals surface area contributed by atoms with Gasteiger partial charge in [-0.3, -0.25) is 19.0 Å². The van der Waals surface area contributed by atoms with Crippen molar-refractivity contribution in [3.05, 3.63) is 64.7 Å². The number of benzene rings is 2. The Morgan fingerprint density at radius 2 is 1.56 bits per heavy atom. The van der Waals surface area contributed by atoms with Crippen molar-refractivity contribution in [1.29, 1.82) is 0 Å². The molecule has 0 aromatic heterocycles. The summed E-state index contributed by atoms with van der Waals surface area (Å²) in [5, 5.41) is 9.08. The summed E-state index contributed by atoms with van der Waals surface area (Å²) in [6, 6.07) is 9.15. The zero-order valence-electron chi connectivity index (χ0n) is 12.5. The highest BCUT2D eigenvalue weighted by Gasteiger charge is 2.35. The van der Waals surface area contributed by atoms with Gasteiger partial charge in [-0.15, -0.1) is 0 Å². The van der Waals surface area contributed by atoms with E-state index in [1.54, 1.807) is 12.1 Å². The first-order valence-corrected chi connectivity index (χ1v) is 8.42. The van der Waals surface area contributed by atoms with E-state index < -0.39 is 32.8 Å². The lowest BCUT2D eigenvalue weighted by atomic mass is 10.1. The van der Waals surface area contributed by atoms with E-state index in [0.717, 1.165) is 23.1 Å². The number of fused-ring (bicyclic) bond motifs is 1. The Morgan fingerprint density at radius 3 is 2.04 bits per heavy atom. The van der Waals surface area contributed by atoms with Crippen molar-refractivity contribution in [3.63, 3.8) is 0 Å². The molecule has 0 atom stereocenters. The molecule has 128 valence electrons. The van der Waals surface area contributed by atoms with Gasteiger partial charge in [-0.1, -0.05) is 12.1 Å². The summed E-state index contributed by atoms with van der Waals surface area (Å²) in [6.45, 7) is -0.323. The van der Waals surface area contributed by atoms with Gasteiger partial charge in [0.2, 0.25) is 0 Å². The number of imide groups is 1. The summed E-state index contributed by atoms with van der Waals surface area (Å²) in [5.74, 6) is -2.53.